The molecule has 1 amide bonds. The molecule has 0 bridgehead atoms. The van der Waals surface area contributed by atoms with Crippen molar-refractivity contribution in [2.45, 2.75) is 44.6 Å². The molecule has 2 heterocycles. The van der Waals surface area contributed by atoms with Crippen LogP contribution in [0.1, 0.15) is 54.4 Å². The highest BCUT2D eigenvalue weighted by Crippen LogP contribution is 2.27. The molecule has 1 aliphatic heterocycles. The van der Waals surface area contributed by atoms with Crippen LogP contribution in [-0.4, -0.2) is 66.7 Å². The van der Waals surface area contributed by atoms with Gasteiger partial charge < -0.3 is 25.6 Å². The number of fused-ring (bicyclic) bond motifs is 1. The Balaban J connectivity index is 1.22. The molecule has 1 saturated heterocycles. The second-order valence-corrected chi connectivity index (χ2v) is 10.1. The lowest BCUT2D eigenvalue weighted by Crippen LogP contribution is -2.45. The highest BCUT2D eigenvalue weighted by atomic mass is 16.5. The Kier molecular flexibility index (Phi) is 7.23. The van der Waals surface area contributed by atoms with Crippen molar-refractivity contribution in [3.8, 4) is 5.75 Å². The molecule has 2 aliphatic rings. The van der Waals surface area contributed by atoms with Crippen LogP contribution in [0.4, 0.5) is 11.8 Å². The lowest BCUT2D eigenvalue weighted by molar-refractivity contribution is 0.0951. The summed E-state index contributed by atoms with van der Waals surface area (Å²) in [5, 5.41) is 3.99. The predicted molar refractivity (Wildman–Crippen MR) is 144 cm³/mol. The molecule has 1 aromatic heterocycles. The Morgan fingerprint density at radius 1 is 1.08 bits per heavy atom. The maximum absolute atomic E-state index is 13.0. The molecule has 2 aromatic carbocycles. The molecule has 8 heteroatoms. The van der Waals surface area contributed by atoms with Crippen LogP contribution in [0, 0.1) is 0 Å². The fraction of sp³-hybridized carbons (Fsp3) is 0.464. The average Bonchev–Trinajstić information content (AvgIpc) is 3.40. The zero-order chi connectivity index (χ0) is 25.1. The van der Waals surface area contributed by atoms with Gasteiger partial charge in [-0.2, -0.15) is 4.98 Å². The summed E-state index contributed by atoms with van der Waals surface area (Å²) < 4.78 is 6.07. The van der Waals surface area contributed by atoms with Crippen LogP contribution in [0.3, 0.4) is 0 Å². The second kappa shape index (κ2) is 10.7. The lowest BCUT2D eigenvalue weighted by Gasteiger charge is -2.33. The molecule has 8 nitrogen and oxygen atoms in total. The van der Waals surface area contributed by atoms with E-state index in [0.29, 0.717) is 23.7 Å². The van der Waals surface area contributed by atoms with Crippen molar-refractivity contribution in [3.63, 3.8) is 0 Å². The number of hydrogen-bond acceptors (Lipinski definition) is 7. The number of nitrogen functional groups attached to an aromatic ring is 1. The number of likely N-dealkylation sites (N-methyl/N-ethyl adjacent to an activating group) is 1. The van der Waals surface area contributed by atoms with Crippen molar-refractivity contribution in [1.29, 1.82) is 0 Å². The van der Waals surface area contributed by atoms with Crippen molar-refractivity contribution in [2.75, 3.05) is 50.4 Å². The number of nitrogens with two attached hydrogens (primary N) is 1. The molecule has 5 rings (SSSR count). The largest absolute Gasteiger partial charge is 0.490 e. The van der Waals surface area contributed by atoms with E-state index in [1.165, 1.54) is 18.4 Å². The summed E-state index contributed by atoms with van der Waals surface area (Å²) in [5.74, 6) is 2.05. The van der Waals surface area contributed by atoms with E-state index in [1.807, 2.05) is 30.3 Å². The fourth-order valence-corrected chi connectivity index (χ4v) is 5.07. The summed E-state index contributed by atoms with van der Waals surface area (Å²) in [5.41, 5.74) is 8.46. The number of aromatic nitrogens is 2. The van der Waals surface area contributed by atoms with Gasteiger partial charge in [-0.1, -0.05) is 19.1 Å². The normalized spacial score (nSPS) is 17.9. The van der Waals surface area contributed by atoms with Gasteiger partial charge in [0.15, 0.2) is 0 Å². The number of rotatable bonds is 7. The van der Waals surface area contributed by atoms with Gasteiger partial charge in [0.25, 0.3) is 5.91 Å². The van der Waals surface area contributed by atoms with E-state index in [1.54, 1.807) is 0 Å². The van der Waals surface area contributed by atoms with E-state index in [9.17, 15) is 4.79 Å². The smallest absolute Gasteiger partial charge is 0.251 e. The molecular formula is C28H36N6O2. The predicted octanol–water partition coefficient (Wildman–Crippen LogP) is 3.82. The van der Waals surface area contributed by atoms with Crippen LogP contribution >= 0.6 is 0 Å². The Morgan fingerprint density at radius 2 is 1.81 bits per heavy atom. The average molecular weight is 489 g/mol. The Morgan fingerprint density at radius 3 is 2.53 bits per heavy atom. The number of ether oxygens (including phenoxy) is 1. The summed E-state index contributed by atoms with van der Waals surface area (Å²) >= 11 is 0. The van der Waals surface area contributed by atoms with Gasteiger partial charge in [0.05, 0.1) is 11.6 Å². The monoisotopic (exact) mass is 488 g/mol. The highest BCUT2D eigenvalue weighted by Gasteiger charge is 2.20. The minimum atomic E-state index is -0.122. The third-order valence-corrected chi connectivity index (χ3v) is 7.38. The van der Waals surface area contributed by atoms with E-state index in [0.717, 1.165) is 56.0 Å². The highest BCUT2D eigenvalue weighted by molar-refractivity contribution is 6.00. The van der Waals surface area contributed by atoms with Gasteiger partial charge in [0.1, 0.15) is 11.6 Å². The number of nitrogens with one attached hydrogen (secondary N) is 1. The zero-order valence-electron chi connectivity index (χ0n) is 21.2. The van der Waals surface area contributed by atoms with Crippen molar-refractivity contribution in [2.24, 2.45) is 0 Å². The number of carbonyl (C=O) groups is 1. The van der Waals surface area contributed by atoms with Gasteiger partial charge in [-0.25, -0.2) is 4.98 Å². The first-order chi connectivity index (χ1) is 17.5. The summed E-state index contributed by atoms with van der Waals surface area (Å²) in [6, 6.07) is 13.9. The number of hydrogen-bond donors (Lipinski definition) is 2. The molecule has 1 aliphatic carbocycles. The molecule has 0 spiro atoms. The molecule has 0 radical (unpaired) electrons. The SMILES string of the molecule is CC(CNC(=O)c1ccc2c(N3CCN(C)CC3)nc(N)nc2c1)c1ccc(OC2CCCC2)cc1. The van der Waals surface area contributed by atoms with Gasteiger partial charge in [-0.3, -0.25) is 4.79 Å². The fourth-order valence-electron chi connectivity index (χ4n) is 5.07. The topological polar surface area (TPSA) is 96.6 Å². The van der Waals surface area contributed by atoms with Crippen LogP contribution in [0.15, 0.2) is 42.5 Å². The minimum Gasteiger partial charge on any atom is -0.490 e. The third kappa shape index (κ3) is 5.54. The molecule has 1 atom stereocenters. The number of anilines is 2. The Hall–Kier alpha value is -3.39. The quantitative estimate of drug-likeness (QED) is 0.522. The summed E-state index contributed by atoms with van der Waals surface area (Å²) in [7, 11) is 2.12. The van der Waals surface area contributed by atoms with Gasteiger partial charge in [0.2, 0.25) is 5.95 Å². The van der Waals surface area contributed by atoms with E-state index in [4.69, 9.17) is 10.5 Å². The van der Waals surface area contributed by atoms with Crippen LogP contribution in [0.2, 0.25) is 0 Å². The molecule has 3 aromatic rings. The molecule has 36 heavy (non-hydrogen) atoms. The lowest BCUT2D eigenvalue weighted by atomic mass is 10.0. The van der Waals surface area contributed by atoms with Crippen LogP contribution < -0.4 is 20.7 Å². The maximum atomic E-state index is 13.0. The van der Waals surface area contributed by atoms with Gasteiger partial charge in [0, 0.05) is 43.7 Å². The first kappa shape index (κ1) is 24.3. The Labute approximate surface area is 212 Å². The molecule has 1 saturated carbocycles. The van der Waals surface area contributed by atoms with E-state index in [2.05, 4.69) is 51.2 Å². The van der Waals surface area contributed by atoms with Crippen molar-refractivity contribution in [1.82, 2.24) is 20.2 Å². The van der Waals surface area contributed by atoms with Crippen LogP contribution in [-0.2, 0) is 0 Å². The first-order valence-corrected chi connectivity index (χ1v) is 13.0. The van der Waals surface area contributed by atoms with Crippen LogP contribution in [0.25, 0.3) is 10.9 Å². The molecular weight excluding hydrogens is 452 g/mol. The third-order valence-electron chi connectivity index (χ3n) is 7.38. The molecule has 1 unspecified atom stereocenters. The van der Waals surface area contributed by atoms with Crippen molar-refractivity contribution in [3.05, 3.63) is 53.6 Å². The van der Waals surface area contributed by atoms with Gasteiger partial charge >= 0.3 is 0 Å². The van der Waals surface area contributed by atoms with Crippen molar-refractivity contribution < 1.29 is 9.53 Å². The summed E-state index contributed by atoms with van der Waals surface area (Å²) in [4.78, 5) is 26.4. The molecule has 3 N–H and O–H groups in total. The summed E-state index contributed by atoms with van der Waals surface area (Å²) in [6.07, 6.45) is 5.17. The van der Waals surface area contributed by atoms with Crippen LogP contribution in [0.5, 0.6) is 5.75 Å². The number of amides is 1. The van der Waals surface area contributed by atoms with E-state index < -0.39 is 0 Å². The van der Waals surface area contributed by atoms with Gasteiger partial charge in [-0.15, -0.1) is 0 Å². The number of piperazine rings is 1. The van der Waals surface area contributed by atoms with E-state index in [-0.39, 0.29) is 17.8 Å². The second-order valence-electron chi connectivity index (χ2n) is 10.1. The molecule has 190 valence electrons. The number of carbonyl (C=O) groups excluding carboxylic acids is 1. The standard InChI is InChI=1S/C28H36N6O2/c1-19(20-7-10-23(11-8-20)36-22-5-3-4-6-22)18-30-27(35)21-9-12-24-25(17-21)31-28(29)32-26(24)34-15-13-33(2)14-16-34/h7-12,17,19,22H,3-6,13-16,18H2,1-2H3,(H,30,35)(H2,29,31,32). The zero-order valence-corrected chi connectivity index (χ0v) is 21.2. The first-order valence-electron chi connectivity index (χ1n) is 13.0. The molecule has 2 fully saturated rings. The summed E-state index contributed by atoms with van der Waals surface area (Å²) in [6.45, 7) is 6.37. The van der Waals surface area contributed by atoms with Crippen molar-refractivity contribution >= 4 is 28.6 Å². The number of nitrogens with zero attached hydrogens (tertiary/aromatic N) is 4. The van der Waals surface area contributed by atoms with Gasteiger partial charge in [-0.05, 0) is 74.5 Å². The number of benzene rings is 2. The van der Waals surface area contributed by atoms with E-state index >= 15 is 0 Å². The Bertz CT molecular complexity index is 1200. The minimum absolute atomic E-state index is 0.122. The maximum Gasteiger partial charge on any atom is 0.251 e.